The van der Waals surface area contributed by atoms with E-state index in [4.69, 9.17) is 0 Å². The lowest BCUT2D eigenvalue weighted by Crippen LogP contribution is -2.16. The summed E-state index contributed by atoms with van der Waals surface area (Å²) in [6.07, 6.45) is -4.30. The number of alkyl halides is 3. The minimum Gasteiger partial charge on any atom is -0.365 e. The van der Waals surface area contributed by atoms with Crippen LogP contribution in [0.15, 0.2) is 0 Å². The Morgan fingerprint density at radius 2 is 2.14 bits per heavy atom. The zero-order chi connectivity index (χ0) is 10.6. The Morgan fingerprint density at radius 1 is 1.43 bits per heavy atom. The number of rotatable bonds is 4. The molecule has 0 spiro atoms. The van der Waals surface area contributed by atoms with Crippen molar-refractivity contribution in [1.29, 1.82) is 0 Å². The molecule has 1 N–H and O–H groups in total. The highest BCUT2D eigenvalue weighted by Crippen LogP contribution is 2.18. The minimum absolute atomic E-state index is 0.168. The summed E-state index contributed by atoms with van der Waals surface area (Å²) >= 11 is 1.16. The van der Waals surface area contributed by atoms with Crippen LogP contribution >= 0.6 is 11.3 Å². The van der Waals surface area contributed by atoms with Gasteiger partial charge in [0.05, 0.1) is 0 Å². The molecule has 8 heteroatoms. The summed E-state index contributed by atoms with van der Waals surface area (Å²) in [5.74, 6) is 0. The maximum Gasteiger partial charge on any atom is 0.411 e. The number of ether oxygens (including phenoxy) is 1. The Labute approximate surface area is 82.1 Å². The summed E-state index contributed by atoms with van der Waals surface area (Å²) in [6.45, 7) is -1.43. The number of halogens is 3. The van der Waals surface area contributed by atoms with Crippen LogP contribution in [0.4, 0.5) is 18.3 Å². The van der Waals surface area contributed by atoms with Gasteiger partial charge in [0, 0.05) is 7.05 Å². The SMILES string of the molecule is CNc1nnc(COCC(F)(F)F)s1. The van der Waals surface area contributed by atoms with Crippen LogP contribution in [0.3, 0.4) is 0 Å². The van der Waals surface area contributed by atoms with E-state index in [1.807, 2.05) is 0 Å². The average molecular weight is 227 g/mol. The van der Waals surface area contributed by atoms with Crippen molar-refractivity contribution in [2.45, 2.75) is 12.8 Å². The van der Waals surface area contributed by atoms with Crippen LogP contribution in [-0.4, -0.2) is 30.0 Å². The van der Waals surface area contributed by atoms with E-state index in [0.29, 0.717) is 10.1 Å². The van der Waals surface area contributed by atoms with Gasteiger partial charge in [0.15, 0.2) is 0 Å². The van der Waals surface area contributed by atoms with Crippen molar-refractivity contribution < 1.29 is 17.9 Å². The fourth-order valence-electron chi connectivity index (χ4n) is 0.667. The lowest BCUT2D eigenvalue weighted by atomic mass is 10.7. The zero-order valence-corrected chi connectivity index (χ0v) is 8.08. The molecule has 1 aromatic heterocycles. The highest BCUT2D eigenvalue weighted by atomic mass is 32.1. The van der Waals surface area contributed by atoms with Crippen molar-refractivity contribution in [1.82, 2.24) is 10.2 Å². The first kappa shape index (κ1) is 11.2. The largest absolute Gasteiger partial charge is 0.411 e. The standard InChI is InChI=1S/C6H8F3N3OS/c1-10-5-12-11-4(14-5)2-13-3-6(7,8)9/h2-3H2,1H3,(H,10,12). The number of hydrogen-bond acceptors (Lipinski definition) is 5. The van der Waals surface area contributed by atoms with Gasteiger partial charge in [0.1, 0.15) is 18.2 Å². The summed E-state index contributed by atoms with van der Waals surface area (Å²) in [7, 11) is 1.65. The molecule has 0 aliphatic carbocycles. The Balaban J connectivity index is 2.31. The molecule has 0 atom stereocenters. The predicted octanol–water partition coefficient (Wildman–Crippen LogP) is 1.66. The maximum absolute atomic E-state index is 11.7. The van der Waals surface area contributed by atoms with Crippen molar-refractivity contribution in [3.05, 3.63) is 5.01 Å². The first-order valence-corrected chi connectivity index (χ1v) is 4.47. The third-order valence-electron chi connectivity index (χ3n) is 1.17. The van der Waals surface area contributed by atoms with E-state index in [2.05, 4.69) is 20.3 Å². The van der Waals surface area contributed by atoms with Crippen molar-refractivity contribution >= 4 is 16.5 Å². The van der Waals surface area contributed by atoms with Gasteiger partial charge in [-0.05, 0) is 0 Å². The topological polar surface area (TPSA) is 47.0 Å². The maximum atomic E-state index is 11.7. The van der Waals surface area contributed by atoms with Gasteiger partial charge >= 0.3 is 6.18 Å². The fraction of sp³-hybridized carbons (Fsp3) is 0.667. The van der Waals surface area contributed by atoms with E-state index in [1.54, 1.807) is 7.05 Å². The number of anilines is 1. The summed E-state index contributed by atoms with van der Waals surface area (Å²) in [4.78, 5) is 0. The van der Waals surface area contributed by atoms with Gasteiger partial charge in [-0.15, -0.1) is 10.2 Å². The molecule has 0 saturated heterocycles. The highest BCUT2D eigenvalue weighted by molar-refractivity contribution is 7.15. The number of aromatic nitrogens is 2. The fourth-order valence-corrected chi connectivity index (χ4v) is 1.30. The van der Waals surface area contributed by atoms with E-state index >= 15 is 0 Å². The smallest absolute Gasteiger partial charge is 0.365 e. The van der Waals surface area contributed by atoms with Gasteiger partial charge in [-0.2, -0.15) is 13.2 Å². The summed E-state index contributed by atoms with van der Waals surface area (Å²) in [5.41, 5.74) is 0. The van der Waals surface area contributed by atoms with Crippen LogP contribution in [0, 0.1) is 0 Å². The summed E-state index contributed by atoms with van der Waals surface area (Å²) in [6, 6.07) is 0. The van der Waals surface area contributed by atoms with E-state index in [0.717, 1.165) is 11.3 Å². The molecular formula is C6H8F3N3OS. The molecule has 1 aromatic rings. The second-order valence-electron chi connectivity index (χ2n) is 2.36. The molecule has 80 valence electrons. The van der Waals surface area contributed by atoms with Gasteiger partial charge in [-0.3, -0.25) is 0 Å². The van der Waals surface area contributed by atoms with Crippen LogP contribution in [0.5, 0.6) is 0 Å². The molecule has 0 amide bonds. The van der Waals surface area contributed by atoms with Gasteiger partial charge in [-0.1, -0.05) is 11.3 Å². The molecule has 1 heterocycles. The van der Waals surface area contributed by atoms with Crippen LogP contribution in [-0.2, 0) is 11.3 Å². The molecule has 14 heavy (non-hydrogen) atoms. The molecule has 0 aliphatic heterocycles. The second kappa shape index (κ2) is 4.56. The molecular weight excluding hydrogens is 219 g/mol. The molecule has 0 aromatic carbocycles. The van der Waals surface area contributed by atoms with Gasteiger partial charge < -0.3 is 10.1 Å². The molecule has 0 aliphatic rings. The van der Waals surface area contributed by atoms with Crippen LogP contribution in [0.25, 0.3) is 0 Å². The van der Waals surface area contributed by atoms with Crippen LogP contribution in [0.2, 0.25) is 0 Å². The summed E-state index contributed by atoms with van der Waals surface area (Å²) < 4.78 is 39.4. The molecule has 1 rings (SSSR count). The van der Waals surface area contributed by atoms with E-state index in [1.165, 1.54) is 0 Å². The quantitative estimate of drug-likeness (QED) is 0.849. The minimum atomic E-state index is -4.30. The first-order chi connectivity index (χ1) is 6.51. The number of nitrogens with one attached hydrogen (secondary N) is 1. The monoisotopic (exact) mass is 227 g/mol. The number of nitrogens with zero attached hydrogens (tertiary/aromatic N) is 2. The van der Waals surface area contributed by atoms with Gasteiger partial charge in [0.25, 0.3) is 0 Å². The third kappa shape index (κ3) is 3.88. The Kier molecular flexibility index (Phi) is 3.64. The average Bonchev–Trinajstić information content (AvgIpc) is 2.50. The second-order valence-corrected chi connectivity index (χ2v) is 3.42. The molecule has 0 unspecified atom stereocenters. The first-order valence-electron chi connectivity index (χ1n) is 3.66. The predicted molar refractivity (Wildman–Crippen MR) is 45.2 cm³/mol. The van der Waals surface area contributed by atoms with Crippen molar-refractivity contribution in [2.24, 2.45) is 0 Å². The molecule has 0 saturated carbocycles. The van der Waals surface area contributed by atoms with Gasteiger partial charge in [-0.25, -0.2) is 0 Å². The molecule has 4 nitrogen and oxygen atoms in total. The third-order valence-corrected chi connectivity index (χ3v) is 2.09. The Hall–Kier alpha value is -0.890. The highest BCUT2D eigenvalue weighted by Gasteiger charge is 2.27. The normalized spacial score (nSPS) is 11.7. The molecule has 0 fully saturated rings. The van der Waals surface area contributed by atoms with Crippen molar-refractivity contribution in [2.75, 3.05) is 19.0 Å². The van der Waals surface area contributed by atoms with Crippen LogP contribution in [0.1, 0.15) is 5.01 Å². The van der Waals surface area contributed by atoms with Gasteiger partial charge in [0.2, 0.25) is 5.13 Å². The lowest BCUT2D eigenvalue weighted by molar-refractivity contribution is -0.176. The van der Waals surface area contributed by atoms with Crippen molar-refractivity contribution in [3.8, 4) is 0 Å². The Morgan fingerprint density at radius 3 is 2.64 bits per heavy atom. The van der Waals surface area contributed by atoms with Crippen LogP contribution < -0.4 is 5.32 Å². The summed E-state index contributed by atoms with van der Waals surface area (Å²) in [5, 5.41) is 11.0. The van der Waals surface area contributed by atoms with Crippen molar-refractivity contribution in [3.63, 3.8) is 0 Å². The number of hydrogen-bond donors (Lipinski definition) is 1. The zero-order valence-electron chi connectivity index (χ0n) is 7.26. The van der Waals surface area contributed by atoms with E-state index in [9.17, 15) is 13.2 Å². The Bertz CT molecular complexity index is 288. The molecule has 0 bridgehead atoms. The lowest BCUT2D eigenvalue weighted by Gasteiger charge is -2.04. The van der Waals surface area contributed by atoms with E-state index < -0.39 is 12.8 Å². The molecule has 0 radical (unpaired) electrons. The van der Waals surface area contributed by atoms with E-state index in [-0.39, 0.29) is 6.61 Å².